The van der Waals surface area contributed by atoms with Crippen molar-refractivity contribution < 1.29 is 9.31 Å². The van der Waals surface area contributed by atoms with Crippen molar-refractivity contribution in [2.45, 2.75) is 60.2 Å². The summed E-state index contributed by atoms with van der Waals surface area (Å²) in [5.41, 5.74) is 12.3. The topological polar surface area (TPSA) is 68.3 Å². The first-order valence-corrected chi connectivity index (χ1v) is 12.6. The van der Waals surface area contributed by atoms with Crippen molar-refractivity contribution in [2.24, 2.45) is 23.0 Å². The monoisotopic (exact) mass is 478 g/mol. The Bertz CT molecular complexity index is 1320. The molecular formula is C31H35BN2O2. The van der Waals surface area contributed by atoms with Gasteiger partial charge in [0.2, 0.25) is 0 Å². The van der Waals surface area contributed by atoms with E-state index in [4.69, 9.17) is 15.0 Å². The van der Waals surface area contributed by atoms with Gasteiger partial charge in [-0.2, -0.15) is 5.26 Å². The summed E-state index contributed by atoms with van der Waals surface area (Å²) >= 11 is 0. The van der Waals surface area contributed by atoms with Gasteiger partial charge in [0.15, 0.2) is 0 Å². The fourth-order valence-corrected chi connectivity index (χ4v) is 5.41. The Hall–Kier alpha value is -3.25. The van der Waals surface area contributed by atoms with Crippen molar-refractivity contribution >= 4 is 18.2 Å². The lowest BCUT2D eigenvalue weighted by molar-refractivity contribution is 0.0842. The molecule has 1 unspecified atom stereocenters. The van der Waals surface area contributed by atoms with E-state index >= 15 is 0 Å². The smallest absolute Gasteiger partial charge is 0.404 e. The van der Waals surface area contributed by atoms with Crippen LogP contribution in [0.25, 0.3) is 5.57 Å². The number of nitrogens with two attached hydrogens (primary N) is 1. The maximum Gasteiger partial charge on any atom is 0.494 e. The van der Waals surface area contributed by atoms with Gasteiger partial charge >= 0.3 is 7.12 Å². The highest BCUT2D eigenvalue weighted by Crippen LogP contribution is 2.55. The van der Waals surface area contributed by atoms with E-state index in [1.54, 1.807) is 6.08 Å². The minimum Gasteiger partial charge on any atom is -0.404 e. The normalized spacial score (nSPS) is 26.5. The molecule has 3 aliphatic rings. The van der Waals surface area contributed by atoms with E-state index in [1.165, 1.54) is 17.3 Å². The molecule has 5 heteroatoms. The van der Waals surface area contributed by atoms with Crippen LogP contribution in [-0.4, -0.2) is 18.8 Å². The standard InChI is InChI=1S/C31H35BN2O2/c1-8-23(19-34)29-20(2)30(4,5)28-18-24(12-13-27(28)29)25-15-22(11-9-10-14-33)16-26(17-25)32-35-21(3)31(6,7)36-32/h8,10,12-18,21,27-28H,33H2,1-7H3/b14-10-,23-8-/t21-,27?,28-/m0/s1. The fourth-order valence-electron chi connectivity index (χ4n) is 5.41. The van der Waals surface area contributed by atoms with Crippen molar-refractivity contribution in [1.82, 2.24) is 0 Å². The lowest BCUT2D eigenvalue weighted by Gasteiger charge is -2.32. The Kier molecular flexibility index (Phi) is 6.93. The van der Waals surface area contributed by atoms with Crippen LogP contribution < -0.4 is 11.2 Å². The molecule has 0 bridgehead atoms. The lowest BCUT2D eigenvalue weighted by atomic mass is 9.71. The summed E-state index contributed by atoms with van der Waals surface area (Å²) < 4.78 is 12.4. The predicted molar refractivity (Wildman–Crippen MR) is 148 cm³/mol. The molecule has 0 saturated carbocycles. The molecule has 1 aromatic rings. The number of rotatable bonds is 3. The second kappa shape index (κ2) is 9.66. The number of benzene rings is 1. The van der Waals surface area contributed by atoms with Crippen LogP contribution in [0.3, 0.4) is 0 Å². The molecule has 1 heterocycles. The van der Waals surface area contributed by atoms with E-state index in [0.717, 1.165) is 27.7 Å². The van der Waals surface area contributed by atoms with Crippen LogP contribution in [0.4, 0.5) is 0 Å². The van der Waals surface area contributed by atoms with Crippen molar-refractivity contribution in [2.75, 3.05) is 0 Å². The minimum atomic E-state index is -0.451. The summed E-state index contributed by atoms with van der Waals surface area (Å²) in [6, 6.07) is 8.70. The van der Waals surface area contributed by atoms with E-state index in [9.17, 15) is 5.26 Å². The highest BCUT2D eigenvalue weighted by molar-refractivity contribution is 6.62. The third kappa shape index (κ3) is 4.50. The Morgan fingerprint density at radius 3 is 2.56 bits per heavy atom. The molecule has 1 aliphatic heterocycles. The van der Waals surface area contributed by atoms with Crippen LogP contribution in [0.1, 0.15) is 59.6 Å². The molecule has 2 N–H and O–H groups in total. The molecule has 3 atom stereocenters. The number of nitrogens with zero attached hydrogens (tertiary/aromatic N) is 1. The highest BCUT2D eigenvalue weighted by atomic mass is 16.7. The number of hydrogen-bond acceptors (Lipinski definition) is 4. The average Bonchev–Trinajstić information content (AvgIpc) is 3.23. The summed E-state index contributed by atoms with van der Waals surface area (Å²) in [4.78, 5) is 0. The summed E-state index contributed by atoms with van der Waals surface area (Å²) in [6.07, 6.45) is 11.8. The zero-order valence-electron chi connectivity index (χ0n) is 22.3. The Balaban J connectivity index is 1.77. The largest absolute Gasteiger partial charge is 0.494 e. The number of allylic oxidation sites excluding steroid dienone is 9. The van der Waals surface area contributed by atoms with Crippen LogP contribution in [0.5, 0.6) is 0 Å². The molecule has 0 spiro atoms. The molecule has 4 rings (SSSR count). The molecule has 0 radical (unpaired) electrons. The molecule has 4 nitrogen and oxygen atoms in total. The second-order valence-corrected chi connectivity index (χ2v) is 10.9. The van der Waals surface area contributed by atoms with Gasteiger partial charge in [0.25, 0.3) is 0 Å². The Morgan fingerprint density at radius 2 is 1.94 bits per heavy atom. The Labute approximate surface area is 216 Å². The van der Waals surface area contributed by atoms with Crippen molar-refractivity contribution in [3.63, 3.8) is 0 Å². The van der Waals surface area contributed by atoms with Crippen LogP contribution in [0.15, 0.2) is 71.5 Å². The van der Waals surface area contributed by atoms with Crippen LogP contribution in [0.2, 0.25) is 0 Å². The highest BCUT2D eigenvalue weighted by Gasteiger charge is 2.46. The average molecular weight is 478 g/mol. The van der Waals surface area contributed by atoms with Gasteiger partial charge in [0.1, 0.15) is 0 Å². The predicted octanol–water partition coefficient (Wildman–Crippen LogP) is 5.43. The summed E-state index contributed by atoms with van der Waals surface area (Å²) in [5.74, 6) is 6.64. The summed E-state index contributed by atoms with van der Waals surface area (Å²) in [5, 5.41) is 9.76. The first kappa shape index (κ1) is 25.8. The maximum atomic E-state index is 9.76. The van der Waals surface area contributed by atoms with Crippen LogP contribution in [-0.2, 0) is 9.31 Å². The van der Waals surface area contributed by atoms with E-state index in [1.807, 2.05) is 26.0 Å². The van der Waals surface area contributed by atoms with Gasteiger partial charge in [-0.3, -0.25) is 0 Å². The Morgan fingerprint density at radius 1 is 1.19 bits per heavy atom. The van der Waals surface area contributed by atoms with Crippen molar-refractivity contribution in [1.29, 1.82) is 5.26 Å². The first-order valence-electron chi connectivity index (χ1n) is 12.6. The lowest BCUT2D eigenvalue weighted by Crippen LogP contribution is -2.35. The van der Waals surface area contributed by atoms with Gasteiger partial charge < -0.3 is 15.0 Å². The number of hydrogen-bond donors (Lipinski definition) is 1. The van der Waals surface area contributed by atoms with Gasteiger partial charge in [-0.15, -0.1) is 0 Å². The fraction of sp³-hybridized carbons (Fsp3) is 0.387. The summed E-state index contributed by atoms with van der Waals surface area (Å²) in [7, 11) is -0.451. The van der Waals surface area contributed by atoms with Crippen LogP contribution in [0, 0.1) is 40.4 Å². The van der Waals surface area contributed by atoms with Gasteiger partial charge in [-0.25, -0.2) is 0 Å². The third-order valence-electron chi connectivity index (χ3n) is 8.14. The quantitative estimate of drug-likeness (QED) is 0.357. The molecule has 184 valence electrons. The zero-order valence-corrected chi connectivity index (χ0v) is 22.3. The SMILES string of the molecule is C/C=C(/C#N)C1=C(C)C(C)(C)[C@H]2C=C(c3cc(C#C/C=C\N)cc(B4O[C@@H](C)C(C)(C)O4)c3)C=CC12. The third-order valence-corrected chi connectivity index (χ3v) is 8.14. The van der Waals surface area contributed by atoms with Crippen LogP contribution >= 0.6 is 0 Å². The minimum absolute atomic E-state index is 0.0249. The van der Waals surface area contributed by atoms with Gasteiger partial charge in [0.05, 0.1) is 23.3 Å². The molecule has 0 aromatic heterocycles. The van der Waals surface area contributed by atoms with Gasteiger partial charge in [0, 0.05) is 23.8 Å². The van der Waals surface area contributed by atoms with E-state index in [0.29, 0.717) is 0 Å². The molecule has 1 fully saturated rings. The van der Waals surface area contributed by atoms with Gasteiger partial charge in [-0.05, 0) is 80.3 Å². The number of nitriles is 1. The van der Waals surface area contributed by atoms with E-state index in [2.05, 4.69) is 82.9 Å². The zero-order chi connectivity index (χ0) is 26.3. The van der Waals surface area contributed by atoms with Crippen molar-refractivity contribution in [3.8, 4) is 17.9 Å². The molecule has 1 saturated heterocycles. The van der Waals surface area contributed by atoms with E-state index < -0.39 is 7.12 Å². The van der Waals surface area contributed by atoms with E-state index in [-0.39, 0.29) is 29.0 Å². The number of fused-ring (bicyclic) bond motifs is 1. The second-order valence-electron chi connectivity index (χ2n) is 10.9. The molecule has 36 heavy (non-hydrogen) atoms. The van der Waals surface area contributed by atoms with Crippen molar-refractivity contribution in [3.05, 3.63) is 82.6 Å². The van der Waals surface area contributed by atoms with Gasteiger partial charge in [-0.1, -0.05) is 61.6 Å². The first-order chi connectivity index (χ1) is 17.0. The summed E-state index contributed by atoms with van der Waals surface area (Å²) in [6.45, 7) is 14.8. The molecular weight excluding hydrogens is 443 g/mol. The molecule has 1 aromatic carbocycles. The molecule has 2 aliphatic carbocycles. The molecule has 0 amide bonds. The maximum absolute atomic E-state index is 9.76.